The van der Waals surface area contributed by atoms with E-state index in [9.17, 15) is 0 Å². The summed E-state index contributed by atoms with van der Waals surface area (Å²) in [6.07, 6.45) is 2.66. The average Bonchev–Trinajstić information content (AvgIpc) is 2.05. The van der Waals surface area contributed by atoms with Crippen LogP contribution in [0.5, 0.6) is 0 Å². The molecule has 0 aliphatic heterocycles. The molecule has 0 spiro atoms. The molecule has 0 aromatic heterocycles. The van der Waals surface area contributed by atoms with Gasteiger partial charge in [0.15, 0.2) is 0 Å². The lowest BCUT2D eigenvalue weighted by Gasteiger charge is -2.13. The molecule has 1 atom stereocenters. The lowest BCUT2D eigenvalue weighted by molar-refractivity contribution is 1.10. The van der Waals surface area contributed by atoms with E-state index in [0.29, 0.717) is 0 Å². The Hall–Kier alpha value is -0.350. The van der Waals surface area contributed by atoms with Crippen molar-refractivity contribution in [3.8, 4) is 0 Å². The Labute approximate surface area is 76.8 Å². The maximum atomic E-state index is 2.38. The van der Waals surface area contributed by atoms with Crippen molar-refractivity contribution in [2.24, 2.45) is 0 Å². The second-order valence-corrected chi connectivity index (χ2v) is 5.53. The topological polar surface area (TPSA) is 0 Å². The van der Waals surface area contributed by atoms with Crippen LogP contribution < -0.4 is 5.30 Å². The van der Waals surface area contributed by atoms with Gasteiger partial charge in [0.2, 0.25) is 0 Å². The van der Waals surface area contributed by atoms with Gasteiger partial charge in [0.05, 0.1) is 0 Å². The molecule has 0 heterocycles. The van der Waals surface area contributed by atoms with Crippen LogP contribution in [0.25, 0.3) is 0 Å². The van der Waals surface area contributed by atoms with Crippen LogP contribution in [0.2, 0.25) is 0 Å². The largest absolute Gasteiger partial charge is 0.0782 e. The summed E-state index contributed by atoms with van der Waals surface area (Å²) in [5, 5.41) is 1.58. The number of hydrogen-bond acceptors (Lipinski definition) is 0. The first kappa shape index (κ1) is 9.74. The van der Waals surface area contributed by atoms with Crippen molar-refractivity contribution in [2.45, 2.75) is 20.3 Å². The SMILES string of the molecule is CCCP(C)c1ccccc1C. The predicted molar refractivity (Wildman–Crippen MR) is 58.8 cm³/mol. The van der Waals surface area contributed by atoms with Crippen molar-refractivity contribution >= 4 is 13.2 Å². The number of aryl methyl sites for hydroxylation is 1. The fourth-order valence-electron chi connectivity index (χ4n) is 1.45. The van der Waals surface area contributed by atoms with Crippen LogP contribution in [-0.2, 0) is 0 Å². The summed E-state index contributed by atoms with van der Waals surface area (Å²) in [5.41, 5.74) is 1.46. The normalized spacial score (nSPS) is 12.9. The Morgan fingerprint density at radius 2 is 1.92 bits per heavy atom. The van der Waals surface area contributed by atoms with E-state index in [1.54, 1.807) is 5.30 Å². The minimum Gasteiger partial charge on any atom is -0.0782 e. The van der Waals surface area contributed by atoms with Gasteiger partial charge < -0.3 is 0 Å². The molecule has 0 N–H and O–H groups in total. The lowest BCUT2D eigenvalue weighted by atomic mass is 10.2. The summed E-state index contributed by atoms with van der Waals surface area (Å²) >= 11 is 0. The highest BCUT2D eigenvalue weighted by Gasteiger charge is 2.04. The van der Waals surface area contributed by atoms with Gasteiger partial charge in [-0.15, -0.1) is 0 Å². The van der Waals surface area contributed by atoms with Crippen molar-refractivity contribution in [2.75, 3.05) is 12.8 Å². The van der Waals surface area contributed by atoms with Crippen molar-refractivity contribution in [3.63, 3.8) is 0 Å². The van der Waals surface area contributed by atoms with Crippen molar-refractivity contribution in [1.29, 1.82) is 0 Å². The highest BCUT2D eigenvalue weighted by molar-refractivity contribution is 7.64. The Kier molecular flexibility index (Phi) is 3.75. The number of rotatable bonds is 3. The first-order valence-corrected chi connectivity index (χ1v) is 6.50. The molecule has 0 amide bonds. The number of hydrogen-bond donors (Lipinski definition) is 0. The lowest BCUT2D eigenvalue weighted by Crippen LogP contribution is -2.05. The van der Waals surface area contributed by atoms with E-state index in [1.165, 1.54) is 18.1 Å². The van der Waals surface area contributed by atoms with Crippen LogP contribution in [-0.4, -0.2) is 12.8 Å². The third-order valence-corrected chi connectivity index (χ3v) is 4.53. The second kappa shape index (κ2) is 4.62. The predicted octanol–water partition coefficient (Wildman–Crippen LogP) is 3.14. The van der Waals surface area contributed by atoms with Gasteiger partial charge in [-0.1, -0.05) is 45.5 Å². The number of benzene rings is 1. The first-order chi connectivity index (χ1) is 5.75. The van der Waals surface area contributed by atoms with Gasteiger partial charge in [-0.05, 0) is 30.6 Å². The summed E-state index contributed by atoms with van der Waals surface area (Å²) in [6, 6.07) is 8.76. The fraction of sp³-hybridized carbons (Fsp3) is 0.455. The zero-order chi connectivity index (χ0) is 8.97. The zero-order valence-corrected chi connectivity index (χ0v) is 9.07. The Balaban J connectivity index is 2.79. The molecule has 1 aromatic carbocycles. The highest BCUT2D eigenvalue weighted by atomic mass is 31.1. The molecule has 0 aliphatic carbocycles. The quantitative estimate of drug-likeness (QED) is 0.627. The molecule has 1 aromatic rings. The molecule has 0 nitrogen and oxygen atoms in total. The highest BCUT2D eigenvalue weighted by Crippen LogP contribution is 2.31. The average molecular weight is 180 g/mol. The Morgan fingerprint density at radius 3 is 2.50 bits per heavy atom. The summed E-state index contributed by atoms with van der Waals surface area (Å²) in [7, 11) is 0.103. The van der Waals surface area contributed by atoms with E-state index < -0.39 is 0 Å². The summed E-state index contributed by atoms with van der Waals surface area (Å²) in [4.78, 5) is 0. The van der Waals surface area contributed by atoms with Crippen molar-refractivity contribution in [3.05, 3.63) is 29.8 Å². The van der Waals surface area contributed by atoms with E-state index in [-0.39, 0.29) is 7.92 Å². The van der Waals surface area contributed by atoms with Gasteiger partial charge in [-0.25, -0.2) is 0 Å². The standard InChI is InChI=1S/C11H17P/c1-4-9-12(3)11-8-6-5-7-10(11)2/h5-8H,4,9H2,1-3H3. The molecule has 0 bridgehead atoms. The van der Waals surface area contributed by atoms with Crippen LogP contribution in [0.4, 0.5) is 0 Å². The third-order valence-electron chi connectivity index (χ3n) is 2.09. The van der Waals surface area contributed by atoms with Gasteiger partial charge in [0.25, 0.3) is 0 Å². The summed E-state index contributed by atoms with van der Waals surface area (Å²) in [5.74, 6) is 0. The molecular weight excluding hydrogens is 163 g/mol. The molecule has 66 valence electrons. The maximum Gasteiger partial charge on any atom is -0.0214 e. The van der Waals surface area contributed by atoms with Crippen LogP contribution in [0.3, 0.4) is 0 Å². The van der Waals surface area contributed by atoms with Crippen LogP contribution in [0.15, 0.2) is 24.3 Å². The third kappa shape index (κ3) is 2.32. The molecule has 0 fully saturated rings. The zero-order valence-electron chi connectivity index (χ0n) is 8.17. The Morgan fingerprint density at radius 1 is 1.25 bits per heavy atom. The molecular formula is C11H17P. The smallest absolute Gasteiger partial charge is 0.0214 e. The van der Waals surface area contributed by atoms with E-state index in [1.807, 2.05) is 0 Å². The molecule has 0 saturated carbocycles. The maximum absolute atomic E-state index is 2.38. The van der Waals surface area contributed by atoms with E-state index >= 15 is 0 Å². The van der Waals surface area contributed by atoms with Crippen molar-refractivity contribution < 1.29 is 0 Å². The second-order valence-electron chi connectivity index (χ2n) is 3.21. The van der Waals surface area contributed by atoms with Crippen LogP contribution in [0, 0.1) is 6.92 Å². The molecule has 0 saturated heterocycles. The van der Waals surface area contributed by atoms with E-state index in [4.69, 9.17) is 0 Å². The van der Waals surface area contributed by atoms with Crippen LogP contribution in [0.1, 0.15) is 18.9 Å². The molecule has 0 radical (unpaired) electrons. The fourth-order valence-corrected chi connectivity index (χ4v) is 3.38. The molecule has 1 rings (SSSR count). The minimum atomic E-state index is 0.103. The monoisotopic (exact) mass is 180 g/mol. The van der Waals surface area contributed by atoms with Crippen LogP contribution >= 0.6 is 7.92 Å². The van der Waals surface area contributed by atoms with Gasteiger partial charge in [-0.2, -0.15) is 0 Å². The molecule has 12 heavy (non-hydrogen) atoms. The van der Waals surface area contributed by atoms with Gasteiger partial charge in [0.1, 0.15) is 0 Å². The minimum absolute atomic E-state index is 0.103. The van der Waals surface area contributed by atoms with Crippen molar-refractivity contribution in [1.82, 2.24) is 0 Å². The van der Waals surface area contributed by atoms with E-state index in [2.05, 4.69) is 44.8 Å². The van der Waals surface area contributed by atoms with Gasteiger partial charge >= 0.3 is 0 Å². The summed E-state index contributed by atoms with van der Waals surface area (Å²) in [6.45, 7) is 6.85. The molecule has 1 unspecified atom stereocenters. The van der Waals surface area contributed by atoms with Gasteiger partial charge in [0, 0.05) is 0 Å². The summed E-state index contributed by atoms with van der Waals surface area (Å²) < 4.78 is 0. The molecule has 1 heteroatoms. The Bertz CT molecular complexity index is 243. The first-order valence-electron chi connectivity index (χ1n) is 4.52. The van der Waals surface area contributed by atoms with E-state index in [0.717, 1.165) is 0 Å². The van der Waals surface area contributed by atoms with Gasteiger partial charge in [-0.3, -0.25) is 0 Å². The molecule has 0 aliphatic rings.